The molecule has 0 saturated heterocycles. The first kappa shape index (κ1) is 14.9. The highest BCUT2D eigenvalue weighted by atomic mass is 79.9. The van der Waals surface area contributed by atoms with Crippen LogP contribution in [0.25, 0.3) is 0 Å². The number of hydrogen-bond acceptors (Lipinski definition) is 2. The van der Waals surface area contributed by atoms with E-state index in [9.17, 15) is 9.90 Å². The smallest absolute Gasteiger partial charge is 0.0414 e. The Bertz CT molecular complexity index is 149. The van der Waals surface area contributed by atoms with Gasteiger partial charge in [0.25, 0.3) is 0 Å². The Kier molecular flexibility index (Phi) is 12.0. The van der Waals surface area contributed by atoms with Gasteiger partial charge < -0.3 is 9.90 Å². The molecule has 0 N–H and O–H groups in total. The van der Waals surface area contributed by atoms with Crippen LogP contribution in [0.15, 0.2) is 0 Å². The zero-order valence-electron chi connectivity index (χ0n) is 9.47. The number of unbranched alkanes of at least 4 members (excludes halogenated alkanes) is 8. The number of carboxylic acid groups (broad SMARTS) is 1. The predicted octanol–water partition coefficient (Wildman–Crippen LogP) is 3.03. The Morgan fingerprint density at radius 3 is 1.60 bits per heavy atom. The van der Waals surface area contributed by atoms with Crippen molar-refractivity contribution < 1.29 is 9.90 Å². The second kappa shape index (κ2) is 12.0. The number of alkyl halides is 1. The molecule has 0 aliphatic heterocycles. The van der Waals surface area contributed by atoms with Gasteiger partial charge in [-0.3, -0.25) is 0 Å². The van der Waals surface area contributed by atoms with E-state index in [1.165, 1.54) is 44.9 Å². The molecule has 2 nitrogen and oxygen atoms in total. The number of aliphatic carboxylic acids is 1. The molecule has 0 aromatic heterocycles. The van der Waals surface area contributed by atoms with Crippen LogP contribution in [0.2, 0.25) is 0 Å². The molecule has 0 aliphatic rings. The molecule has 0 radical (unpaired) electrons. The Labute approximate surface area is 102 Å². The number of rotatable bonds is 11. The average Bonchev–Trinajstić information content (AvgIpc) is 2.20. The molecule has 90 valence electrons. The molecule has 0 rings (SSSR count). The van der Waals surface area contributed by atoms with Gasteiger partial charge in [-0.15, -0.1) is 0 Å². The van der Waals surface area contributed by atoms with Gasteiger partial charge in [0, 0.05) is 11.3 Å². The SMILES string of the molecule is O=C([O-])CCCCCCCCCCCBr. The van der Waals surface area contributed by atoms with Crippen LogP contribution in [0.5, 0.6) is 0 Å². The monoisotopic (exact) mass is 277 g/mol. The lowest BCUT2D eigenvalue weighted by atomic mass is 10.1. The van der Waals surface area contributed by atoms with E-state index in [-0.39, 0.29) is 6.42 Å². The molecule has 0 saturated carbocycles. The van der Waals surface area contributed by atoms with Crippen molar-refractivity contribution in [1.82, 2.24) is 0 Å². The number of carbonyl (C=O) groups is 1. The van der Waals surface area contributed by atoms with Crippen LogP contribution < -0.4 is 5.11 Å². The van der Waals surface area contributed by atoms with Crippen molar-refractivity contribution in [3.05, 3.63) is 0 Å². The third-order valence-corrected chi connectivity index (χ3v) is 3.08. The summed E-state index contributed by atoms with van der Waals surface area (Å²) >= 11 is 3.42. The summed E-state index contributed by atoms with van der Waals surface area (Å²) in [6.45, 7) is 0. The summed E-state index contributed by atoms with van der Waals surface area (Å²) in [6.07, 6.45) is 11.0. The van der Waals surface area contributed by atoms with Crippen LogP contribution in [0.4, 0.5) is 0 Å². The van der Waals surface area contributed by atoms with E-state index in [1.807, 2.05) is 0 Å². The molecular weight excluding hydrogens is 256 g/mol. The zero-order valence-corrected chi connectivity index (χ0v) is 11.1. The normalized spacial score (nSPS) is 10.5. The van der Waals surface area contributed by atoms with Crippen LogP contribution in [0, 0.1) is 0 Å². The van der Waals surface area contributed by atoms with Crippen molar-refractivity contribution in [1.29, 1.82) is 0 Å². The summed E-state index contributed by atoms with van der Waals surface area (Å²) in [6, 6.07) is 0. The average molecular weight is 278 g/mol. The molecule has 0 unspecified atom stereocenters. The molecule has 15 heavy (non-hydrogen) atoms. The van der Waals surface area contributed by atoms with Crippen LogP contribution in [0.1, 0.15) is 64.2 Å². The summed E-state index contributed by atoms with van der Waals surface area (Å²) in [5, 5.41) is 11.2. The molecule has 3 heteroatoms. The Hall–Kier alpha value is -0.0500. The lowest BCUT2D eigenvalue weighted by molar-refractivity contribution is -0.305. The lowest BCUT2D eigenvalue weighted by Crippen LogP contribution is -2.21. The minimum Gasteiger partial charge on any atom is -0.550 e. The van der Waals surface area contributed by atoms with E-state index < -0.39 is 5.97 Å². The molecule has 0 amide bonds. The van der Waals surface area contributed by atoms with Gasteiger partial charge in [-0.25, -0.2) is 0 Å². The van der Waals surface area contributed by atoms with Gasteiger partial charge in [-0.1, -0.05) is 60.9 Å². The first-order valence-corrected chi connectivity index (χ1v) is 7.15. The van der Waals surface area contributed by atoms with Crippen molar-refractivity contribution in [2.24, 2.45) is 0 Å². The number of carbonyl (C=O) groups excluding carboxylic acids is 1. The number of hydrogen-bond donors (Lipinski definition) is 0. The van der Waals surface area contributed by atoms with E-state index in [2.05, 4.69) is 15.9 Å². The van der Waals surface area contributed by atoms with Crippen molar-refractivity contribution in [2.45, 2.75) is 64.2 Å². The third-order valence-electron chi connectivity index (χ3n) is 2.51. The minimum atomic E-state index is -0.912. The van der Waals surface area contributed by atoms with E-state index in [0.717, 1.165) is 18.2 Å². The van der Waals surface area contributed by atoms with Gasteiger partial charge in [-0.2, -0.15) is 0 Å². The van der Waals surface area contributed by atoms with Gasteiger partial charge in [0.1, 0.15) is 0 Å². The van der Waals surface area contributed by atoms with Crippen LogP contribution in [0.3, 0.4) is 0 Å². The summed E-state index contributed by atoms with van der Waals surface area (Å²) in [4.78, 5) is 10.1. The molecule has 0 aromatic carbocycles. The van der Waals surface area contributed by atoms with E-state index in [0.29, 0.717) is 0 Å². The molecule has 0 aromatic rings. The lowest BCUT2D eigenvalue weighted by Gasteiger charge is -2.02. The van der Waals surface area contributed by atoms with Crippen LogP contribution >= 0.6 is 15.9 Å². The second-order valence-electron chi connectivity index (χ2n) is 3.99. The van der Waals surface area contributed by atoms with Gasteiger partial charge >= 0.3 is 0 Å². The standard InChI is InChI=1S/C12H23BrO2/c13-11-9-7-5-3-1-2-4-6-8-10-12(14)15/h1-11H2,(H,14,15)/p-1. The second-order valence-corrected chi connectivity index (χ2v) is 4.79. The predicted molar refractivity (Wildman–Crippen MR) is 65.0 cm³/mol. The molecule has 0 aliphatic carbocycles. The molecule has 0 atom stereocenters. The maximum absolute atomic E-state index is 10.1. The van der Waals surface area contributed by atoms with Gasteiger partial charge in [0.15, 0.2) is 0 Å². The molecule has 0 heterocycles. The zero-order chi connectivity index (χ0) is 11.4. The van der Waals surface area contributed by atoms with Crippen molar-refractivity contribution >= 4 is 21.9 Å². The quantitative estimate of drug-likeness (QED) is 0.430. The molecule has 0 fully saturated rings. The first-order chi connectivity index (χ1) is 7.27. The van der Waals surface area contributed by atoms with Crippen molar-refractivity contribution in [2.75, 3.05) is 5.33 Å². The summed E-state index contributed by atoms with van der Waals surface area (Å²) in [5.41, 5.74) is 0. The fraction of sp³-hybridized carbons (Fsp3) is 0.917. The maximum Gasteiger partial charge on any atom is 0.0414 e. The van der Waals surface area contributed by atoms with Gasteiger partial charge in [-0.05, 0) is 19.3 Å². The summed E-state index contributed by atoms with van der Waals surface area (Å²) in [5.74, 6) is -0.912. The summed E-state index contributed by atoms with van der Waals surface area (Å²) < 4.78 is 0. The highest BCUT2D eigenvalue weighted by Crippen LogP contribution is 2.10. The van der Waals surface area contributed by atoms with E-state index in [1.54, 1.807) is 0 Å². The highest BCUT2D eigenvalue weighted by molar-refractivity contribution is 9.09. The van der Waals surface area contributed by atoms with Gasteiger partial charge in [0.05, 0.1) is 0 Å². The fourth-order valence-corrected chi connectivity index (χ4v) is 2.00. The number of halogens is 1. The number of carboxylic acids is 1. The minimum absolute atomic E-state index is 0.227. The largest absolute Gasteiger partial charge is 0.550 e. The summed E-state index contributed by atoms with van der Waals surface area (Å²) in [7, 11) is 0. The molecule has 0 spiro atoms. The highest BCUT2D eigenvalue weighted by Gasteiger charge is 1.92. The van der Waals surface area contributed by atoms with E-state index in [4.69, 9.17) is 0 Å². The van der Waals surface area contributed by atoms with Crippen molar-refractivity contribution in [3.63, 3.8) is 0 Å². The topological polar surface area (TPSA) is 40.1 Å². The Balaban J connectivity index is 2.89. The third kappa shape index (κ3) is 14.0. The fourth-order valence-electron chi connectivity index (χ4n) is 1.60. The van der Waals surface area contributed by atoms with Gasteiger partial charge in [0.2, 0.25) is 0 Å². The molecular formula is C12H22BrO2-. The Morgan fingerprint density at radius 1 is 0.800 bits per heavy atom. The van der Waals surface area contributed by atoms with Crippen molar-refractivity contribution in [3.8, 4) is 0 Å². The van der Waals surface area contributed by atoms with Crippen LogP contribution in [-0.4, -0.2) is 11.3 Å². The maximum atomic E-state index is 10.1. The van der Waals surface area contributed by atoms with E-state index >= 15 is 0 Å². The first-order valence-electron chi connectivity index (χ1n) is 6.03. The molecule has 0 bridgehead atoms. The van der Waals surface area contributed by atoms with Crippen LogP contribution in [-0.2, 0) is 4.79 Å². The Morgan fingerprint density at radius 2 is 1.20 bits per heavy atom.